The molecule has 0 radical (unpaired) electrons. The molecule has 0 bridgehead atoms. The minimum Gasteiger partial charge on any atom is -0.381 e. The molecule has 2 atom stereocenters. The van der Waals surface area contributed by atoms with Crippen molar-refractivity contribution in [2.75, 3.05) is 18.1 Å². The Labute approximate surface area is 114 Å². The summed E-state index contributed by atoms with van der Waals surface area (Å²) in [4.78, 5) is 11.8. The highest BCUT2D eigenvalue weighted by molar-refractivity contribution is 7.84. The average molecular weight is 292 g/mol. The molecular weight excluding hydrogens is 274 g/mol. The molecule has 0 aliphatic carbocycles. The van der Waals surface area contributed by atoms with Crippen LogP contribution in [0.25, 0.3) is 0 Å². The number of hydrogen-bond acceptors (Lipinski definition) is 4. The van der Waals surface area contributed by atoms with Crippen molar-refractivity contribution >= 4 is 28.1 Å². The fraction of sp³-hybridized carbons (Fsp3) is 0.636. The molecule has 1 heterocycles. The third-order valence-corrected chi connectivity index (χ3v) is 4.23. The molecule has 0 saturated carbocycles. The van der Waals surface area contributed by atoms with Crippen LogP contribution in [0.3, 0.4) is 0 Å². The molecular formula is C11H18ClN3O2S. The number of rotatable bonds is 6. The highest BCUT2D eigenvalue weighted by Crippen LogP contribution is 2.15. The lowest BCUT2D eigenvalue weighted by Crippen LogP contribution is -2.26. The maximum atomic E-state index is 11.8. The lowest BCUT2D eigenvalue weighted by Gasteiger charge is -2.12. The van der Waals surface area contributed by atoms with E-state index >= 15 is 0 Å². The molecule has 102 valence electrons. The van der Waals surface area contributed by atoms with Crippen molar-refractivity contribution in [3.05, 3.63) is 21.6 Å². The van der Waals surface area contributed by atoms with E-state index in [2.05, 4.69) is 10.4 Å². The van der Waals surface area contributed by atoms with Crippen LogP contribution in [0.5, 0.6) is 0 Å². The average Bonchev–Trinajstić information content (AvgIpc) is 2.33. The van der Waals surface area contributed by atoms with Crippen molar-refractivity contribution < 1.29 is 4.21 Å². The number of aryl methyl sites for hydroxylation is 1. The molecule has 7 heteroatoms. The molecule has 0 amide bonds. The van der Waals surface area contributed by atoms with Gasteiger partial charge in [-0.15, -0.1) is 0 Å². The van der Waals surface area contributed by atoms with Crippen molar-refractivity contribution in [1.29, 1.82) is 0 Å². The first kappa shape index (κ1) is 15.2. The summed E-state index contributed by atoms with van der Waals surface area (Å²) in [5.41, 5.74) is 0.195. The quantitative estimate of drug-likeness (QED) is 0.862. The SMILES string of the molecule is CCCn1ncc(NCC(C)S(C)=O)c(Cl)c1=O. The number of aromatic nitrogens is 2. The first-order valence-corrected chi connectivity index (χ1v) is 7.79. The van der Waals surface area contributed by atoms with Gasteiger partial charge in [0.05, 0.1) is 11.9 Å². The Hall–Kier alpha value is -0.880. The van der Waals surface area contributed by atoms with Gasteiger partial charge in [0, 0.05) is 35.4 Å². The maximum absolute atomic E-state index is 11.8. The number of halogens is 1. The van der Waals surface area contributed by atoms with Crippen molar-refractivity contribution in [2.45, 2.75) is 32.1 Å². The van der Waals surface area contributed by atoms with Gasteiger partial charge in [0.1, 0.15) is 5.02 Å². The number of anilines is 1. The summed E-state index contributed by atoms with van der Waals surface area (Å²) in [7, 11) is -0.913. The predicted octanol–water partition coefficient (Wildman–Crippen LogP) is 1.49. The molecule has 1 rings (SSSR count). The predicted molar refractivity (Wildman–Crippen MR) is 75.8 cm³/mol. The second-order valence-corrected chi connectivity index (χ2v) is 6.27. The molecule has 0 aromatic carbocycles. The van der Waals surface area contributed by atoms with Crippen molar-refractivity contribution in [1.82, 2.24) is 9.78 Å². The highest BCUT2D eigenvalue weighted by atomic mass is 35.5. The Morgan fingerprint density at radius 1 is 1.61 bits per heavy atom. The van der Waals surface area contributed by atoms with E-state index in [4.69, 9.17) is 11.6 Å². The normalized spacial score (nSPS) is 14.2. The van der Waals surface area contributed by atoms with Gasteiger partial charge in [-0.2, -0.15) is 5.10 Å². The second-order valence-electron chi connectivity index (χ2n) is 4.09. The van der Waals surface area contributed by atoms with E-state index in [-0.39, 0.29) is 15.8 Å². The lowest BCUT2D eigenvalue weighted by molar-refractivity contribution is 0.568. The molecule has 0 spiro atoms. The van der Waals surface area contributed by atoms with Crippen LogP contribution in [-0.2, 0) is 17.3 Å². The first-order valence-electron chi connectivity index (χ1n) is 5.79. The standard InChI is InChI=1S/C11H18ClN3O2S/c1-4-5-15-11(16)10(12)9(7-14-15)13-6-8(2)18(3)17/h7-8,13H,4-6H2,1-3H3. The molecule has 2 unspecified atom stereocenters. The smallest absolute Gasteiger partial charge is 0.287 e. The monoisotopic (exact) mass is 291 g/mol. The molecule has 1 aromatic rings. The van der Waals surface area contributed by atoms with Gasteiger partial charge in [-0.1, -0.05) is 18.5 Å². The Balaban J connectivity index is 2.83. The van der Waals surface area contributed by atoms with Gasteiger partial charge in [-0.25, -0.2) is 4.68 Å². The van der Waals surface area contributed by atoms with E-state index in [9.17, 15) is 9.00 Å². The zero-order chi connectivity index (χ0) is 13.7. The van der Waals surface area contributed by atoms with E-state index in [0.717, 1.165) is 6.42 Å². The third-order valence-electron chi connectivity index (χ3n) is 2.57. The van der Waals surface area contributed by atoms with Gasteiger partial charge in [0.25, 0.3) is 5.56 Å². The molecule has 5 nitrogen and oxygen atoms in total. The number of nitrogens with zero attached hydrogens (tertiary/aromatic N) is 2. The van der Waals surface area contributed by atoms with Gasteiger partial charge >= 0.3 is 0 Å². The molecule has 1 aromatic heterocycles. The molecule has 0 aliphatic heterocycles. The Morgan fingerprint density at radius 2 is 2.28 bits per heavy atom. The molecule has 0 saturated heterocycles. The van der Waals surface area contributed by atoms with Crippen LogP contribution in [0.4, 0.5) is 5.69 Å². The van der Waals surface area contributed by atoms with Crippen molar-refractivity contribution in [2.24, 2.45) is 0 Å². The lowest BCUT2D eigenvalue weighted by atomic mass is 10.4. The van der Waals surface area contributed by atoms with E-state index in [1.165, 1.54) is 10.9 Å². The maximum Gasteiger partial charge on any atom is 0.287 e. The summed E-state index contributed by atoms with van der Waals surface area (Å²) in [6.45, 7) is 4.87. The summed E-state index contributed by atoms with van der Waals surface area (Å²) in [5.74, 6) is 0. The van der Waals surface area contributed by atoms with Gasteiger partial charge in [0.2, 0.25) is 0 Å². The van der Waals surface area contributed by atoms with Gasteiger partial charge in [-0.3, -0.25) is 9.00 Å². The summed E-state index contributed by atoms with van der Waals surface area (Å²) in [5, 5.41) is 7.15. The highest BCUT2D eigenvalue weighted by Gasteiger charge is 2.11. The van der Waals surface area contributed by atoms with Crippen LogP contribution >= 0.6 is 11.6 Å². The van der Waals surface area contributed by atoms with E-state index in [0.29, 0.717) is 18.8 Å². The second kappa shape index (κ2) is 6.89. The number of nitrogens with one attached hydrogen (secondary N) is 1. The van der Waals surface area contributed by atoms with Gasteiger partial charge in [-0.05, 0) is 13.3 Å². The fourth-order valence-electron chi connectivity index (χ4n) is 1.33. The largest absolute Gasteiger partial charge is 0.381 e. The van der Waals surface area contributed by atoms with Crippen molar-refractivity contribution in [3.63, 3.8) is 0 Å². The zero-order valence-electron chi connectivity index (χ0n) is 10.8. The molecule has 1 N–H and O–H groups in total. The third kappa shape index (κ3) is 3.81. The minimum absolute atomic E-state index is 0.0147. The summed E-state index contributed by atoms with van der Waals surface area (Å²) in [6.07, 6.45) is 4.00. The molecule has 0 aliphatic rings. The Morgan fingerprint density at radius 3 is 2.83 bits per heavy atom. The first-order chi connectivity index (χ1) is 8.47. The minimum atomic E-state index is -0.913. The van der Waals surface area contributed by atoms with Crippen LogP contribution in [0.15, 0.2) is 11.0 Å². The van der Waals surface area contributed by atoms with E-state index in [1.54, 1.807) is 6.26 Å². The van der Waals surface area contributed by atoms with Crippen LogP contribution in [0, 0.1) is 0 Å². The topological polar surface area (TPSA) is 64.0 Å². The van der Waals surface area contributed by atoms with Crippen LogP contribution in [0.1, 0.15) is 20.3 Å². The van der Waals surface area contributed by atoms with Crippen LogP contribution in [-0.4, -0.2) is 32.0 Å². The molecule has 18 heavy (non-hydrogen) atoms. The van der Waals surface area contributed by atoms with Crippen LogP contribution < -0.4 is 10.9 Å². The van der Waals surface area contributed by atoms with Gasteiger partial charge < -0.3 is 5.32 Å². The van der Waals surface area contributed by atoms with Crippen molar-refractivity contribution in [3.8, 4) is 0 Å². The number of hydrogen-bond donors (Lipinski definition) is 1. The Bertz CT molecular complexity index is 490. The summed E-state index contributed by atoms with van der Waals surface area (Å²) in [6, 6.07) is 0. The van der Waals surface area contributed by atoms with E-state index in [1.807, 2.05) is 13.8 Å². The zero-order valence-corrected chi connectivity index (χ0v) is 12.3. The van der Waals surface area contributed by atoms with E-state index < -0.39 is 10.8 Å². The fourth-order valence-corrected chi connectivity index (χ4v) is 1.86. The summed E-state index contributed by atoms with van der Waals surface area (Å²) < 4.78 is 12.6. The Kier molecular flexibility index (Phi) is 5.81. The summed E-state index contributed by atoms with van der Waals surface area (Å²) >= 11 is 5.99. The van der Waals surface area contributed by atoms with Crippen LogP contribution in [0.2, 0.25) is 5.02 Å². The molecule has 0 fully saturated rings. The van der Waals surface area contributed by atoms with Gasteiger partial charge in [0.15, 0.2) is 0 Å².